The van der Waals surface area contributed by atoms with Crippen LogP contribution in [0.4, 0.5) is 10.5 Å². The lowest BCUT2D eigenvalue weighted by Gasteiger charge is -2.24. The summed E-state index contributed by atoms with van der Waals surface area (Å²) in [5, 5.41) is 6.82. The molecule has 1 fully saturated rings. The molecule has 22 heavy (non-hydrogen) atoms. The maximum atomic E-state index is 12.2. The molecule has 1 aliphatic rings. The lowest BCUT2D eigenvalue weighted by molar-refractivity contribution is 0.206. The number of carbonyl (C=O) groups is 1. The average Bonchev–Trinajstić information content (AvgIpc) is 3.19. The maximum Gasteiger partial charge on any atom is 0.321 e. The Morgan fingerprint density at radius 1 is 1.50 bits per heavy atom. The smallest absolute Gasteiger partial charge is 0.321 e. The van der Waals surface area contributed by atoms with Crippen molar-refractivity contribution in [2.45, 2.75) is 19.0 Å². The molecule has 1 aliphatic heterocycles. The number of nitrogens with zero attached hydrogens (tertiary/aromatic N) is 4. The van der Waals surface area contributed by atoms with E-state index in [1.54, 1.807) is 23.7 Å². The molecule has 2 amide bonds. The Hall–Kier alpha value is -1.99. The summed E-state index contributed by atoms with van der Waals surface area (Å²) in [7, 11) is 2.06. The number of hydrogen-bond donors (Lipinski definition) is 1. The fourth-order valence-corrected chi connectivity index (χ4v) is 3.18. The zero-order valence-electron chi connectivity index (χ0n) is 12.5. The van der Waals surface area contributed by atoms with E-state index in [2.05, 4.69) is 27.2 Å². The Kier molecular flexibility index (Phi) is 4.65. The van der Waals surface area contributed by atoms with E-state index in [1.807, 2.05) is 27.8 Å². The number of likely N-dealkylation sites (N-methyl/N-ethyl adjacent to an activating group) is 1. The first-order valence-corrected chi connectivity index (χ1v) is 8.21. The summed E-state index contributed by atoms with van der Waals surface area (Å²) in [6.45, 7) is 2.21. The Bertz CT molecular complexity index is 604. The molecule has 116 valence electrons. The SMILES string of the molecule is CN(Cc1ncccn1)C1CCN(C(=O)Nc2ccsc2)C1. The van der Waals surface area contributed by atoms with Gasteiger partial charge in [-0.3, -0.25) is 4.90 Å². The summed E-state index contributed by atoms with van der Waals surface area (Å²) in [4.78, 5) is 24.8. The highest BCUT2D eigenvalue weighted by Crippen LogP contribution is 2.18. The highest BCUT2D eigenvalue weighted by Gasteiger charge is 2.29. The Morgan fingerprint density at radius 3 is 3.05 bits per heavy atom. The van der Waals surface area contributed by atoms with Crippen molar-refractivity contribution in [3.05, 3.63) is 41.1 Å². The lowest BCUT2D eigenvalue weighted by Crippen LogP contribution is -2.38. The molecule has 3 rings (SSSR count). The molecule has 7 heteroatoms. The monoisotopic (exact) mass is 317 g/mol. The minimum Gasteiger partial charge on any atom is -0.323 e. The van der Waals surface area contributed by atoms with Gasteiger partial charge in [-0.15, -0.1) is 0 Å². The minimum absolute atomic E-state index is 0.0229. The summed E-state index contributed by atoms with van der Waals surface area (Å²) >= 11 is 1.58. The molecule has 6 nitrogen and oxygen atoms in total. The zero-order valence-corrected chi connectivity index (χ0v) is 13.3. The fourth-order valence-electron chi connectivity index (χ4n) is 2.59. The van der Waals surface area contributed by atoms with Crippen LogP contribution in [0.1, 0.15) is 12.2 Å². The van der Waals surface area contributed by atoms with Gasteiger partial charge in [0, 0.05) is 36.9 Å². The molecule has 1 atom stereocenters. The van der Waals surface area contributed by atoms with Gasteiger partial charge in [-0.1, -0.05) is 0 Å². The number of anilines is 1. The van der Waals surface area contributed by atoms with E-state index in [1.165, 1.54) is 0 Å². The number of aromatic nitrogens is 2. The van der Waals surface area contributed by atoms with Crippen molar-refractivity contribution < 1.29 is 4.79 Å². The molecule has 0 spiro atoms. The predicted molar refractivity (Wildman–Crippen MR) is 86.8 cm³/mol. The number of thiophene rings is 1. The molecule has 0 aliphatic carbocycles. The molecule has 1 unspecified atom stereocenters. The van der Waals surface area contributed by atoms with Crippen molar-refractivity contribution in [1.29, 1.82) is 0 Å². The van der Waals surface area contributed by atoms with Gasteiger partial charge in [0.15, 0.2) is 0 Å². The maximum absolute atomic E-state index is 12.2. The average molecular weight is 317 g/mol. The number of hydrogen-bond acceptors (Lipinski definition) is 5. The van der Waals surface area contributed by atoms with Crippen molar-refractivity contribution in [2.24, 2.45) is 0 Å². The Morgan fingerprint density at radius 2 is 2.32 bits per heavy atom. The number of likely N-dealkylation sites (tertiary alicyclic amines) is 1. The van der Waals surface area contributed by atoms with Gasteiger partial charge in [0.2, 0.25) is 0 Å². The van der Waals surface area contributed by atoms with Gasteiger partial charge in [0.25, 0.3) is 0 Å². The molecule has 3 heterocycles. The first-order valence-electron chi connectivity index (χ1n) is 7.26. The van der Waals surface area contributed by atoms with Crippen molar-refractivity contribution in [1.82, 2.24) is 19.8 Å². The Labute approximate surface area is 133 Å². The van der Waals surface area contributed by atoms with E-state index >= 15 is 0 Å². The molecule has 1 N–H and O–H groups in total. The first-order chi connectivity index (χ1) is 10.7. The third kappa shape index (κ3) is 3.61. The molecule has 1 saturated heterocycles. The van der Waals surface area contributed by atoms with E-state index in [9.17, 15) is 4.79 Å². The van der Waals surface area contributed by atoms with Crippen molar-refractivity contribution in [2.75, 3.05) is 25.5 Å². The fraction of sp³-hybridized carbons (Fsp3) is 0.400. The van der Waals surface area contributed by atoms with Gasteiger partial charge in [-0.2, -0.15) is 11.3 Å². The standard InChI is InChI=1S/C15H19N5OS/c1-19(10-14-16-5-2-6-17-14)13-3-7-20(9-13)15(21)18-12-4-8-22-11-12/h2,4-6,8,11,13H,3,7,9-10H2,1H3,(H,18,21). The normalized spacial score (nSPS) is 17.9. The number of rotatable bonds is 4. The third-order valence-electron chi connectivity index (χ3n) is 3.86. The third-order valence-corrected chi connectivity index (χ3v) is 4.54. The van der Waals surface area contributed by atoms with Crippen LogP contribution in [0.5, 0.6) is 0 Å². The number of urea groups is 1. The number of nitrogens with one attached hydrogen (secondary N) is 1. The lowest BCUT2D eigenvalue weighted by atomic mass is 10.2. The molecule has 2 aromatic heterocycles. The molecule has 0 radical (unpaired) electrons. The number of amides is 2. The molecule has 0 aromatic carbocycles. The van der Waals surface area contributed by atoms with E-state index < -0.39 is 0 Å². The first kappa shape index (κ1) is 14.9. The van der Waals surface area contributed by atoms with Gasteiger partial charge in [-0.05, 0) is 31.0 Å². The predicted octanol–water partition coefficient (Wildman–Crippen LogP) is 2.28. The molecule has 2 aromatic rings. The van der Waals surface area contributed by atoms with E-state index in [4.69, 9.17) is 0 Å². The van der Waals surface area contributed by atoms with Gasteiger partial charge in [0.1, 0.15) is 5.82 Å². The van der Waals surface area contributed by atoms with E-state index in [0.29, 0.717) is 12.6 Å². The summed E-state index contributed by atoms with van der Waals surface area (Å²) in [5.74, 6) is 0.811. The van der Waals surface area contributed by atoms with E-state index in [-0.39, 0.29) is 6.03 Å². The quantitative estimate of drug-likeness (QED) is 0.940. The second-order valence-electron chi connectivity index (χ2n) is 5.41. The second kappa shape index (κ2) is 6.85. The van der Waals surface area contributed by atoms with Crippen LogP contribution in [-0.4, -0.2) is 52.0 Å². The van der Waals surface area contributed by atoms with Gasteiger partial charge in [0.05, 0.1) is 12.2 Å². The zero-order chi connectivity index (χ0) is 15.4. The number of carbonyl (C=O) groups excluding carboxylic acids is 1. The molecular formula is C15H19N5OS. The molecule has 0 bridgehead atoms. The van der Waals surface area contributed by atoms with Crippen LogP contribution < -0.4 is 5.32 Å². The van der Waals surface area contributed by atoms with Gasteiger partial charge in [-0.25, -0.2) is 14.8 Å². The van der Waals surface area contributed by atoms with Crippen LogP contribution in [-0.2, 0) is 6.54 Å². The summed E-state index contributed by atoms with van der Waals surface area (Å²) in [6.07, 6.45) is 4.48. The van der Waals surface area contributed by atoms with E-state index in [0.717, 1.165) is 31.0 Å². The van der Waals surface area contributed by atoms with Gasteiger partial charge < -0.3 is 10.2 Å². The van der Waals surface area contributed by atoms with Crippen molar-refractivity contribution in [3.63, 3.8) is 0 Å². The molecule has 0 saturated carbocycles. The summed E-state index contributed by atoms with van der Waals surface area (Å²) in [6, 6.07) is 4.05. The van der Waals surface area contributed by atoms with Crippen LogP contribution in [0.15, 0.2) is 35.3 Å². The topological polar surface area (TPSA) is 61.4 Å². The largest absolute Gasteiger partial charge is 0.323 e. The molecular weight excluding hydrogens is 298 g/mol. The summed E-state index contributed by atoms with van der Waals surface area (Å²) in [5.41, 5.74) is 0.865. The van der Waals surface area contributed by atoms with Crippen LogP contribution in [0, 0.1) is 0 Å². The van der Waals surface area contributed by atoms with Gasteiger partial charge >= 0.3 is 6.03 Å². The highest BCUT2D eigenvalue weighted by atomic mass is 32.1. The van der Waals surface area contributed by atoms with Crippen molar-refractivity contribution >= 4 is 23.1 Å². The van der Waals surface area contributed by atoms with Crippen molar-refractivity contribution in [3.8, 4) is 0 Å². The summed E-state index contributed by atoms with van der Waals surface area (Å²) < 4.78 is 0. The van der Waals surface area contributed by atoms with Crippen LogP contribution >= 0.6 is 11.3 Å². The van der Waals surface area contributed by atoms with Crippen LogP contribution in [0.25, 0.3) is 0 Å². The highest BCUT2D eigenvalue weighted by molar-refractivity contribution is 7.08. The van der Waals surface area contributed by atoms with Crippen LogP contribution in [0.2, 0.25) is 0 Å². The second-order valence-corrected chi connectivity index (χ2v) is 6.19. The minimum atomic E-state index is -0.0229. The van der Waals surface area contributed by atoms with Crippen LogP contribution in [0.3, 0.4) is 0 Å². The Balaban J connectivity index is 1.52.